The van der Waals surface area contributed by atoms with Crippen LogP contribution in [-0.2, 0) is 4.79 Å². The van der Waals surface area contributed by atoms with Gasteiger partial charge in [0.25, 0.3) is 5.91 Å². The minimum atomic E-state index is -0.179. The van der Waals surface area contributed by atoms with Crippen molar-refractivity contribution in [1.82, 2.24) is 10.9 Å². The molecule has 16 heavy (non-hydrogen) atoms. The first-order valence-electron chi connectivity index (χ1n) is 4.81. The highest BCUT2D eigenvalue weighted by atomic mass is 16.5. The second-order valence-corrected chi connectivity index (χ2v) is 3.40. The van der Waals surface area contributed by atoms with Crippen molar-refractivity contribution in [2.75, 3.05) is 7.11 Å². The summed E-state index contributed by atoms with van der Waals surface area (Å²) in [5.41, 5.74) is 6.23. The normalized spacial score (nSPS) is 19.3. The zero-order valence-corrected chi connectivity index (χ0v) is 8.73. The van der Waals surface area contributed by atoms with Crippen molar-refractivity contribution in [1.29, 1.82) is 0 Å². The fourth-order valence-corrected chi connectivity index (χ4v) is 1.50. The standard InChI is InChI=1S/C11H12N2O3/c1-16-10-6-7(2-4-9(10)14)8-3-5-11(15)13-12-8/h2-6,8,12,14H,1H3,(H,13,15). The summed E-state index contributed by atoms with van der Waals surface area (Å²) in [7, 11) is 1.49. The Hall–Kier alpha value is -2.01. The van der Waals surface area contributed by atoms with Gasteiger partial charge in [-0.25, -0.2) is 5.43 Å². The lowest BCUT2D eigenvalue weighted by Gasteiger charge is -2.20. The number of phenols is 1. The molecule has 1 atom stereocenters. The molecular weight excluding hydrogens is 208 g/mol. The number of carbonyl (C=O) groups is 1. The van der Waals surface area contributed by atoms with Gasteiger partial charge in [-0.2, -0.15) is 0 Å². The summed E-state index contributed by atoms with van der Waals surface area (Å²) in [6.07, 6.45) is 3.20. The average Bonchev–Trinajstić information content (AvgIpc) is 2.31. The molecule has 5 heteroatoms. The fraction of sp³-hybridized carbons (Fsp3) is 0.182. The summed E-state index contributed by atoms with van der Waals surface area (Å²) in [4.78, 5) is 10.9. The van der Waals surface area contributed by atoms with Crippen molar-refractivity contribution < 1.29 is 14.6 Å². The van der Waals surface area contributed by atoms with Gasteiger partial charge in [0.05, 0.1) is 13.2 Å². The summed E-state index contributed by atoms with van der Waals surface area (Å²) >= 11 is 0. The Morgan fingerprint density at radius 3 is 2.88 bits per heavy atom. The average molecular weight is 220 g/mol. The maximum Gasteiger partial charge on any atom is 0.257 e. The summed E-state index contributed by atoms with van der Waals surface area (Å²) < 4.78 is 5.01. The number of rotatable bonds is 2. The summed E-state index contributed by atoms with van der Waals surface area (Å²) in [5.74, 6) is 0.321. The third kappa shape index (κ3) is 1.99. The third-order valence-electron chi connectivity index (χ3n) is 2.35. The maximum atomic E-state index is 10.9. The van der Waals surface area contributed by atoms with Crippen LogP contribution in [0.1, 0.15) is 11.6 Å². The van der Waals surface area contributed by atoms with E-state index in [0.717, 1.165) is 5.56 Å². The van der Waals surface area contributed by atoms with E-state index in [-0.39, 0.29) is 17.7 Å². The van der Waals surface area contributed by atoms with Gasteiger partial charge in [-0.1, -0.05) is 12.1 Å². The summed E-state index contributed by atoms with van der Waals surface area (Å²) in [5, 5.41) is 9.44. The number of aromatic hydroxyl groups is 1. The van der Waals surface area contributed by atoms with E-state index in [1.165, 1.54) is 13.2 Å². The molecule has 5 nitrogen and oxygen atoms in total. The van der Waals surface area contributed by atoms with Crippen LogP contribution in [-0.4, -0.2) is 18.1 Å². The Labute approximate surface area is 92.7 Å². The molecule has 0 aromatic heterocycles. The lowest BCUT2D eigenvalue weighted by molar-refractivity contribution is -0.118. The maximum absolute atomic E-state index is 10.9. The molecule has 1 unspecified atom stereocenters. The highest BCUT2D eigenvalue weighted by Crippen LogP contribution is 2.29. The molecule has 3 N–H and O–H groups in total. The van der Waals surface area contributed by atoms with Gasteiger partial charge in [-0.3, -0.25) is 10.2 Å². The van der Waals surface area contributed by atoms with Crippen molar-refractivity contribution in [2.24, 2.45) is 0 Å². The van der Waals surface area contributed by atoms with Gasteiger partial charge in [0.1, 0.15) is 0 Å². The molecule has 0 saturated carbocycles. The molecule has 1 aromatic carbocycles. The molecule has 1 aliphatic heterocycles. The van der Waals surface area contributed by atoms with Crippen LogP contribution in [0.5, 0.6) is 11.5 Å². The second-order valence-electron chi connectivity index (χ2n) is 3.40. The zero-order valence-electron chi connectivity index (χ0n) is 8.73. The van der Waals surface area contributed by atoms with Gasteiger partial charge in [0, 0.05) is 6.08 Å². The van der Waals surface area contributed by atoms with Gasteiger partial charge < -0.3 is 9.84 Å². The number of methoxy groups -OCH3 is 1. The van der Waals surface area contributed by atoms with Crippen molar-refractivity contribution in [3.8, 4) is 11.5 Å². The van der Waals surface area contributed by atoms with E-state index in [1.54, 1.807) is 24.3 Å². The summed E-state index contributed by atoms with van der Waals surface area (Å²) in [6.45, 7) is 0. The Morgan fingerprint density at radius 1 is 1.44 bits per heavy atom. The number of ether oxygens (including phenoxy) is 1. The first-order chi connectivity index (χ1) is 7.70. The highest BCUT2D eigenvalue weighted by molar-refractivity contribution is 5.88. The van der Waals surface area contributed by atoms with Gasteiger partial charge in [0.2, 0.25) is 0 Å². The van der Waals surface area contributed by atoms with E-state index < -0.39 is 0 Å². The summed E-state index contributed by atoms with van der Waals surface area (Å²) in [6, 6.07) is 4.92. The van der Waals surface area contributed by atoms with E-state index >= 15 is 0 Å². The number of nitrogens with one attached hydrogen (secondary N) is 2. The van der Waals surface area contributed by atoms with Crippen LogP contribution < -0.4 is 15.6 Å². The van der Waals surface area contributed by atoms with Crippen LogP contribution in [0.4, 0.5) is 0 Å². The van der Waals surface area contributed by atoms with Gasteiger partial charge in [0.15, 0.2) is 11.5 Å². The molecule has 1 aromatic rings. The fourth-order valence-electron chi connectivity index (χ4n) is 1.50. The van der Waals surface area contributed by atoms with E-state index in [1.807, 2.05) is 0 Å². The number of hydrogen-bond acceptors (Lipinski definition) is 4. The molecule has 0 bridgehead atoms. The smallest absolute Gasteiger partial charge is 0.257 e. The number of amides is 1. The zero-order chi connectivity index (χ0) is 11.5. The van der Waals surface area contributed by atoms with Gasteiger partial charge in [-0.05, 0) is 17.7 Å². The third-order valence-corrected chi connectivity index (χ3v) is 2.35. The SMILES string of the molecule is COc1cc(C2C=CC(=O)NN2)ccc1O. The van der Waals surface area contributed by atoms with Crippen LogP contribution in [0.25, 0.3) is 0 Å². The molecule has 0 saturated heterocycles. The molecule has 2 rings (SSSR count). The van der Waals surface area contributed by atoms with E-state index in [4.69, 9.17) is 4.74 Å². The molecule has 1 heterocycles. The lowest BCUT2D eigenvalue weighted by Crippen LogP contribution is -2.41. The molecule has 1 aliphatic rings. The second kappa shape index (κ2) is 4.24. The van der Waals surface area contributed by atoms with E-state index in [9.17, 15) is 9.90 Å². The number of benzene rings is 1. The van der Waals surface area contributed by atoms with Crippen LogP contribution >= 0.6 is 0 Å². The van der Waals surface area contributed by atoms with Gasteiger partial charge >= 0.3 is 0 Å². The first kappa shape index (κ1) is 10.5. The van der Waals surface area contributed by atoms with Crippen LogP contribution in [0.15, 0.2) is 30.4 Å². The highest BCUT2D eigenvalue weighted by Gasteiger charge is 2.14. The minimum absolute atomic E-state index is 0.0927. The van der Waals surface area contributed by atoms with E-state index in [0.29, 0.717) is 5.75 Å². The number of carbonyl (C=O) groups excluding carboxylic acids is 1. The molecule has 0 radical (unpaired) electrons. The molecule has 0 fully saturated rings. The molecule has 0 spiro atoms. The quantitative estimate of drug-likeness (QED) is 0.683. The first-order valence-corrected chi connectivity index (χ1v) is 4.81. The largest absolute Gasteiger partial charge is 0.504 e. The topological polar surface area (TPSA) is 70.6 Å². The Bertz CT molecular complexity index is 443. The predicted octanol–water partition coefficient (Wildman–Crippen LogP) is 0.632. The lowest BCUT2D eigenvalue weighted by atomic mass is 10.1. The predicted molar refractivity (Wildman–Crippen MR) is 57.8 cm³/mol. The van der Waals surface area contributed by atoms with E-state index in [2.05, 4.69) is 10.9 Å². The molecule has 0 aliphatic carbocycles. The monoisotopic (exact) mass is 220 g/mol. The van der Waals surface area contributed by atoms with Crippen molar-refractivity contribution >= 4 is 5.91 Å². The van der Waals surface area contributed by atoms with Gasteiger partial charge in [-0.15, -0.1) is 0 Å². The molecular formula is C11H12N2O3. The number of hydrogen-bond donors (Lipinski definition) is 3. The van der Waals surface area contributed by atoms with Crippen LogP contribution in [0.3, 0.4) is 0 Å². The Morgan fingerprint density at radius 2 is 2.25 bits per heavy atom. The number of hydrazine groups is 1. The Kier molecular flexibility index (Phi) is 2.78. The minimum Gasteiger partial charge on any atom is -0.504 e. The molecule has 1 amide bonds. The van der Waals surface area contributed by atoms with Crippen molar-refractivity contribution in [3.63, 3.8) is 0 Å². The van der Waals surface area contributed by atoms with Crippen LogP contribution in [0.2, 0.25) is 0 Å². The number of phenolic OH excluding ortho intramolecular Hbond substituents is 1. The molecule has 84 valence electrons. The van der Waals surface area contributed by atoms with Crippen molar-refractivity contribution in [3.05, 3.63) is 35.9 Å². The Balaban J connectivity index is 2.27. The van der Waals surface area contributed by atoms with Crippen LogP contribution in [0, 0.1) is 0 Å². The van der Waals surface area contributed by atoms with Crippen molar-refractivity contribution in [2.45, 2.75) is 6.04 Å².